The van der Waals surface area contributed by atoms with Gasteiger partial charge in [-0.1, -0.05) is 35.9 Å². The Hall–Kier alpha value is -1.96. The molecule has 2 aromatic carbocycles. The predicted octanol–water partition coefficient (Wildman–Crippen LogP) is 3.34. The number of rotatable bonds is 6. The molecular formula is C20H22ClFN2O3S. The Kier molecular flexibility index (Phi) is 6.69. The molecule has 1 unspecified atom stereocenters. The maximum Gasteiger partial charge on any atom is 0.224 e. The second kappa shape index (κ2) is 9.03. The number of carbonyl (C=O) groups is 1. The number of benzene rings is 2. The van der Waals surface area contributed by atoms with Gasteiger partial charge in [-0.05, 0) is 48.2 Å². The molecule has 0 radical (unpaired) electrons. The zero-order valence-electron chi connectivity index (χ0n) is 15.3. The molecule has 1 aliphatic heterocycles. The van der Waals surface area contributed by atoms with E-state index < -0.39 is 15.9 Å². The number of halogens is 2. The van der Waals surface area contributed by atoms with E-state index in [0.29, 0.717) is 35.5 Å². The molecule has 8 heteroatoms. The number of hydrogen-bond donors (Lipinski definition) is 1. The van der Waals surface area contributed by atoms with Crippen LogP contribution in [0.1, 0.15) is 24.0 Å². The van der Waals surface area contributed by atoms with Crippen LogP contribution in [0.25, 0.3) is 0 Å². The fourth-order valence-corrected chi connectivity index (χ4v) is 5.01. The van der Waals surface area contributed by atoms with E-state index in [1.807, 2.05) is 0 Å². The van der Waals surface area contributed by atoms with Gasteiger partial charge in [0.15, 0.2) is 0 Å². The fraction of sp³-hybridized carbons (Fsp3) is 0.350. The first-order valence-corrected chi connectivity index (χ1v) is 11.1. The van der Waals surface area contributed by atoms with Crippen molar-refractivity contribution in [3.63, 3.8) is 0 Å². The first-order chi connectivity index (χ1) is 13.3. The quantitative estimate of drug-likeness (QED) is 0.773. The highest BCUT2D eigenvalue weighted by atomic mass is 35.5. The van der Waals surface area contributed by atoms with E-state index in [1.165, 1.54) is 16.4 Å². The van der Waals surface area contributed by atoms with E-state index in [-0.39, 0.29) is 30.6 Å². The molecule has 1 aliphatic rings. The molecule has 150 valence electrons. The molecule has 1 atom stereocenters. The highest BCUT2D eigenvalue weighted by Gasteiger charge is 2.32. The number of sulfonamides is 1. The third kappa shape index (κ3) is 5.53. The first-order valence-electron chi connectivity index (χ1n) is 9.08. The molecule has 1 N–H and O–H groups in total. The molecule has 5 nitrogen and oxygen atoms in total. The Labute approximate surface area is 169 Å². The van der Waals surface area contributed by atoms with Crippen LogP contribution in [0.2, 0.25) is 5.02 Å². The minimum atomic E-state index is -3.53. The topological polar surface area (TPSA) is 66.5 Å². The molecule has 1 heterocycles. The van der Waals surface area contributed by atoms with Crippen LogP contribution in [-0.4, -0.2) is 31.7 Å². The third-order valence-electron chi connectivity index (χ3n) is 4.77. The first kappa shape index (κ1) is 20.8. The summed E-state index contributed by atoms with van der Waals surface area (Å²) in [6.07, 6.45) is 1.25. The van der Waals surface area contributed by atoms with Gasteiger partial charge in [-0.25, -0.2) is 17.1 Å². The lowest BCUT2D eigenvalue weighted by atomic mass is 9.99. The van der Waals surface area contributed by atoms with Gasteiger partial charge in [0.25, 0.3) is 0 Å². The van der Waals surface area contributed by atoms with E-state index in [0.717, 1.165) is 0 Å². The van der Waals surface area contributed by atoms with Crippen LogP contribution in [0.15, 0.2) is 48.5 Å². The summed E-state index contributed by atoms with van der Waals surface area (Å²) < 4.78 is 40.1. The lowest BCUT2D eigenvalue weighted by Gasteiger charge is -2.31. The monoisotopic (exact) mass is 424 g/mol. The highest BCUT2D eigenvalue weighted by molar-refractivity contribution is 7.88. The lowest BCUT2D eigenvalue weighted by molar-refractivity contribution is -0.126. The Morgan fingerprint density at radius 3 is 2.64 bits per heavy atom. The minimum Gasteiger partial charge on any atom is -0.352 e. The highest BCUT2D eigenvalue weighted by Crippen LogP contribution is 2.22. The Morgan fingerprint density at radius 1 is 1.18 bits per heavy atom. The average Bonchev–Trinajstić information content (AvgIpc) is 2.68. The maximum absolute atomic E-state index is 13.2. The van der Waals surface area contributed by atoms with Gasteiger partial charge in [-0.15, -0.1) is 0 Å². The SMILES string of the molecule is O=C(NCc1cccc(F)c1)C1CCCN(S(=O)(=O)Cc2ccc(Cl)cc2)C1. The number of nitrogens with zero attached hydrogens (tertiary/aromatic N) is 1. The van der Waals surface area contributed by atoms with Gasteiger partial charge in [0.1, 0.15) is 5.82 Å². The van der Waals surface area contributed by atoms with E-state index in [1.54, 1.807) is 36.4 Å². The molecular weight excluding hydrogens is 403 g/mol. The van der Waals surface area contributed by atoms with Crippen molar-refractivity contribution in [1.29, 1.82) is 0 Å². The van der Waals surface area contributed by atoms with Crippen LogP contribution in [0, 0.1) is 11.7 Å². The summed E-state index contributed by atoms with van der Waals surface area (Å²) in [5.74, 6) is -1.11. The number of amides is 1. The number of hydrogen-bond acceptors (Lipinski definition) is 3. The van der Waals surface area contributed by atoms with Gasteiger partial charge in [-0.3, -0.25) is 4.79 Å². The van der Waals surface area contributed by atoms with E-state index in [9.17, 15) is 17.6 Å². The molecule has 1 amide bonds. The van der Waals surface area contributed by atoms with Crippen molar-refractivity contribution in [2.75, 3.05) is 13.1 Å². The normalized spacial score (nSPS) is 18.0. The smallest absolute Gasteiger partial charge is 0.224 e. The van der Waals surface area contributed by atoms with Gasteiger partial charge >= 0.3 is 0 Å². The molecule has 1 saturated heterocycles. The Bertz CT molecular complexity index is 935. The molecule has 3 rings (SSSR count). The Morgan fingerprint density at radius 2 is 1.93 bits per heavy atom. The second-order valence-electron chi connectivity index (χ2n) is 6.93. The van der Waals surface area contributed by atoms with Crippen molar-refractivity contribution in [1.82, 2.24) is 9.62 Å². The molecule has 0 saturated carbocycles. The van der Waals surface area contributed by atoms with Crippen molar-refractivity contribution in [2.45, 2.75) is 25.1 Å². The lowest BCUT2D eigenvalue weighted by Crippen LogP contribution is -2.45. The van der Waals surface area contributed by atoms with E-state index >= 15 is 0 Å². The van der Waals surface area contributed by atoms with Crippen molar-refractivity contribution in [3.05, 3.63) is 70.5 Å². The van der Waals surface area contributed by atoms with E-state index in [4.69, 9.17) is 11.6 Å². The number of nitrogens with one attached hydrogen (secondary N) is 1. The van der Waals surface area contributed by atoms with Gasteiger partial charge in [0.05, 0.1) is 11.7 Å². The average molecular weight is 425 g/mol. The van der Waals surface area contributed by atoms with Crippen molar-refractivity contribution in [2.24, 2.45) is 5.92 Å². The predicted molar refractivity (Wildman–Crippen MR) is 107 cm³/mol. The van der Waals surface area contributed by atoms with Crippen LogP contribution in [-0.2, 0) is 27.1 Å². The molecule has 28 heavy (non-hydrogen) atoms. The fourth-order valence-electron chi connectivity index (χ4n) is 3.27. The molecule has 1 fully saturated rings. The number of piperidine rings is 1. The molecule has 0 aliphatic carbocycles. The van der Waals surface area contributed by atoms with Crippen LogP contribution < -0.4 is 5.32 Å². The van der Waals surface area contributed by atoms with Gasteiger partial charge in [0.2, 0.25) is 15.9 Å². The summed E-state index contributed by atoms with van der Waals surface area (Å²) >= 11 is 5.84. The summed E-state index contributed by atoms with van der Waals surface area (Å²) in [6, 6.07) is 12.7. The summed E-state index contributed by atoms with van der Waals surface area (Å²) in [5, 5.41) is 3.33. The van der Waals surface area contributed by atoms with Crippen LogP contribution in [0.4, 0.5) is 4.39 Å². The third-order valence-corrected chi connectivity index (χ3v) is 6.83. The molecule has 2 aromatic rings. The van der Waals surface area contributed by atoms with Crippen LogP contribution >= 0.6 is 11.6 Å². The second-order valence-corrected chi connectivity index (χ2v) is 9.33. The summed E-state index contributed by atoms with van der Waals surface area (Å²) in [7, 11) is -3.53. The summed E-state index contributed by atoms with van der Waals surface area (Å²) in [5.41, 5.74) is 1.32. The summed E-state index contributed by atoms with van der Waals surface area (Å²) in [4.78, 5) is 12.5. The van der Waals surface area contributed by atoms with Gasteiger partial charge in [-0.2, -0.15) is 0 Å². The summed E-state index contributed by atoms with van der Waals surface area (Å²) in [6.45, 7) is 0.777. The van der Waals surface area contributed by atoms with Crippen molar-refractivity contribution >= 4 is 27.5 Å². The van der Waals surface area contributed by atoms with Crippen LogP contribution in [0.3, 0.4) is 0 Å². The number of carbonyl (C=O) groups excluding carboxylic acids is 1. The maximum atomic E-state index is 13.2. The van der Waals surface area contributed by atoms with Crippen molar-refractivity contribution in [3.8, 4) is 0 Å². The van der Waals surface area contributed by atoms with E-state index in [2.05, 4.69) is 5.32 Å². The zero-order chi connectivity index (χ0) is 20.1. The molecule has 0 aromatic heterocycles. The van der Waals surface area contributed by atoms with Gasteiger partial charge in [0, 0.05) is 24.7 Å². The van der Waals surface area contributed by atoms with Gasteiger partial charge < -0.3 is 5.32 Å². The molecule has 0 spiro atoms. The van der Waals surface area contributed by atoms with Crippen LogP contribution in [0.5, 0.6) is 0 Å². The largest absolute Gasteiger partial charge is 0.352 e. The minimum absolute atomic E-state index is 0.123. The molecule has 0 bridgehead atoms. The zero-order valence-corrected chi connectivity index (χ0v) is 16.8. The van der Waals surface area contributed by atoms with Crippen molar-refractivity contribution < 1.29 is 17.6 Å². The standard InChI is InChI=1S/C20H22ClFN2O3S/c21-18-8-6-15(7-9-18)14-28(26,27)24-10-2-4-17(13-24)20(25)23-12-16-3-1-5-19(22)11-16/h1,3,5-9,11,17H,2,4,10,12-14H2,(H,23,25). The Balaban J connectivity index is 1.59.